The van der Waals surface area contributed by atoms with Crippen LogP contribution in [0.4, 0.5) is 8.78 Å². The lowest BCUT2D eigenvalue weighted by molar-refractivity contribution is 0.127. The van der Waals surface area contributed by atoms with E-state index in [1.54, 1.807) is 10.7 Å². The first kappa shape index (κ1) is 21.2. The molecule has 2 aromatic carbocycles. The molecule has 1 saturated carbocycles. The first-order valence-corrected chi connectivity index (χ1v) is 11.4. The van der Waals surface area contributed by atoms with Crippen molar-refractivity contribution < 1.29 is 8.78 Å². The molecule has 2 aliphatic rings. The van der Waals surface area contributed by atoms with Gasteiger partial charge in [-0.05, 0) is 71.6 Å². The summed E-state index contributed by atoms with van der Waals surface area (Å²) in [7, 11) is 0. The van der Waals surface area contributed by atoms with Gasteiger partial charge in [-0.2, -0.15) is 0 Å². The number of nitrogens with zero attached hydrogens (tertiary/aromatic N) is 6. The summed E-state index contributed by atoms with van der Waals surface area (Å²) < 4.78 is 29.1. The summed E-state index contributed by atoms with van der Waals surface area (Å²) >= 11 is 0. The quantitative estimate of drug-likeness (QED) is 0.588. The smallest absolute Gasteiger partial charge is 0.173 e. The van der Waals surface area contributed by atoms with E-state index in [-0.39, 0.29) is 17.7 Å². The first-order chi connectivity index (χ1) is 15.7. The van der Waals surface area contributed by atoms with Crippen LogP contribution in [0.5, 0.6) is 0 Å². The van der Waals surface area contributed by atoms with E-state index in [1.165, 1.54) is 43.5 Å². The zero-order chi connectivity index (χ0) is 21.9. The Bertz CT molecular complexity index is 1030. The molecule has 2 heterocycles. The number of hydrogen-bond acceptors (Lipinski definition) is 5. The number of tetrazole rings is 1. The monoisotopic (exact) mass is 438 g/mol. The third-order valence-corrected chi connectivity index (χ3v) is 6.73. The summed E-state index contributed by atoms with van der Waals surface area (Å²) in [6.45, 7) is 4.29. The second kappa shape index (κ2) is 9.42. The van der Waals surface area contributed by atoms with Crippen molar-refractivity contribution in [2.75, 3.05) is 26.2 Å². The van der Waals surface area contributed by atoms with Gasteiger partial charge in [-0.25, -0.2) is 13.5 Å². The Morgan fingerprint density at radius 2 is 1.75 bits per heavy atom. The maximum atomic E-state index is 13.7. The lowest BCUT2D eigenvalue weighted by Gasteiger charge is -2.37. The molecule has 1 aliphatic carbocycles. The number of hydrogen-bond donors (Lipinski definition) is 0. The van der Waals surface area contributed by atoms with Gasteiger partial charge in [0.15, 0.2) is 5.82 Å². The predicted octanol–water partition coefficient (Wildman–Crippen LogP) is 3.65. The van der Waals surface area contributed by atoms with Crippen LogP contribution in [-0.4, -0.2) is 62.2 Å². The Kier molecular flexibility index (Phi) is 6.23. The number of aromatic nitrogens is 4. The highest BCUT2D eigenvalue weighted by Crippen LogP contribution is 2.31. The molecule has 2 fully saturated rings. The zero-order valence-electron chi connectivity index (χ0n) is 18.1. The largest absolute Gasteiger partial charge is 0.299 e. The van der Waals surface area contributed by atoms with Crippen molar-refractivity contribution in [3.63, 3.8) is 0 Å². The van der Waals surface area contributed by atoms with Gasteiger partial charge in [0.05, 0.1) is 12.6 Å². The average molecular weight is 439 g/mol. The lowest BCUT2D eigenvalue weighted by Crippen LogP contribution is -2.42. The molecule has 1 aliphatic heterocycles. The zero-order valence-corrected chi connectivity index (χ0v) is 18.1. The molecule has 0 bridgehead atoms. The molecule has 168 valence electrons. The molecule has 8 heteroatoms. The van der Waals surface area contributed by atoms with Crippen molar-refractivity contribution in [3.05, 3.63) is 77.1 Å². The molecular weight excluding hydrogens is 410 g/mol. The predicted molar refractivity (Wildman–Crippen MR) is 117 cm³/mol. The highest BCUT2D eigenvalue weighted by Gasteiger charge is 2.32. The Hall–Kier alpha value is -2.71. The Morgan fingerprint density at radius 3 is 2.50 bits per heavy atom. The number of rotatable bonds is 6. The SMILES string of the molecule is Fc1ccc(C(c2nnnn2Cc2cccc(F)c2)N2CCCN(C3CCC3)CC2)cc1. The van der Waals surface area contributed by atoms with Crippen LogP contribution in [0.25, 0.3) is 0 Å². The molecule has 0 radical (unpaired) electrons. The highest BCUT2D eigenvalue weighted by atomic mass is 19.1. The van der Waals surface area contributed by atoms with Crippen LogP contribution in [0.3, 0.4) is 0 Å². The number of benzene rings is 2. The van der Waals surface area contributed by atoms with Gasteiger partial charge in [0, 0.05) is 25.7 Å². The maximum Gasteiger partial charge on any atom is 0.173 e. The van der Waals surface area contributed by atoms with Crippen molar-refractivity contribution in [3.8, 4) is 0 Å². The molecule has 0 spiro atoms. The molecule has 0 amide bonds. The van der Waals surface area contributed by atoms with Gasteiger partial charge in [-0.1, -0.05) is 30.7 Å². The van der Waals surface area contributed by atoms with Crippen molar-refractivity contribution in [2.24, 2.45) is 0 Å². The first-order valence-electron chi connectivity index (χ1n) is 11.4. The standard InChI is InChI=1S/C24H28F2N6/c25-20-10-8-19(9-11-20)23(31-13-3-12-30(14-15-31)22-6-2-7-22)24-27-28-29-32(24)17-18-4-1-5-21(26)16-18/h1,4-5,8-11,16,22-23H,2-3,6-7,12-15,17H2. The topological polar surface area (TPSA) is 50.1 Å². The van der Waals surface area contributed by atoms with Gasteiger partial charge in [0.1, 0.15) is 11.6 Å². The van der Waals surface area contributed by atoms with Crippen LogP contribution in [0.2, 0.25) is 0 Å². The van der Waals surface area contributed by atoms with Crippen molar-refractivity contribution in [2.45, 2.75) is 44.3 Å². The average Bonchev–Trinajstić information content (AvgIpc) is 3.05. The number of halogens is 2. The van der Waals surface area contributed by atoms with E-state index >= 15 is 0 Å². The van der Waals surface area contributed by atoms with Crippen LogP contribution < -0.4 is 0 Å². The molecule has 0 N–H and O–H groups in total. The van der Waals surface area contributed by atoms with Crippen molar-refractivity contribution in [1.82, 2.24) is 30.0 Å². The molecule has 1 aromatic heterocycles. The van der Waals surface area contributed by atoms with Crippen LogP contribution in [0, 0.1) is 11.6 Å². The van der Waals surface area contributed by atoms with Gasteiger partial charge in [0.25, 0.3) is 0 Å². The fraction of sp³-hybridized carbons (Fsp3) is 0.458. The third-order valence-electron chi connectivity index (χ3n) is 6.73. The molecule has 1 saturated heterocycles. The van der Waals surface area contributed by atoms with Gasteiger partial charge in [-0.3, -0.25) is 9.80 Å². The summed E-state index contributed by atoms with van der Waals surface area (Å²) in [5.74, 6) is 0.146. The fourth-order valence-corrected chi connectivity index (χ4v) is 4.83. The van der Waals surface area contributed by atoms with E-state index in [4.69, 9.17) is 0 Å². The second-order valence-electron chi connectivity index (χ2n) is 8.79. The minimum atomic E-state index is -0.282. The van der Waals surface area contributed by atoms with E-state index in [1.807, 2.05) is 18.2 Å². The van der Waals surface area contributed by atoms with Crippen molar-refractivity contribution in [1.29, 1.82) is 0 Å². The summed E-state index contributed by atoms with van der Waals surface area (Å²) in [5.41, 5.74) is 1.75. The van der Waals surface area contributed by atoms with Crippen LogP contribution in [0.15, 0.2) is 48.5 Å². The van der Waals surface area contributed by atoms with Crippen LogP contribution in [-0.2, 0) is 6.54 Å². The van der Waals surface area contributed by atoms with Gasteiger partial charge in [0.2, 0.25) is 0 Å². The summed E-state index contributed by atoms with van der Waals surface area (Å²) in [6.07, 6.45) is 5.00. The minimum absolute atomic E-state index is 0.194. The molecular formula is C24H28F2N6. The Labute approximate surface area is 186 Å². The van der Waals surface area contributed by atoms with E-state index in [0.717, 1.165) is 49.8 Å². The van der Waals surface area contributed by atoms with E-state index < -0.39 is 0 Å². The van der Waals surface area contributed by atoms with Gasteiger partial charge >= 0.3 is 0 Å². The third kappa shape index (κ3) is 4.56. The molecule has 1 atom stereocenters. The van der Waals surface area contributed by atoms with E-state index in [2.05, 4.69) is 25.3 Å². The molecule has 6 nitrogen and oxygen atoms in total. The Balaban J connectivity index is 1.44. The fourth-order valence-electron chi connectivity index (χ4n) is 4.83. The summed E-state index contributed by atoms with van der Waals surface area (Å²) in [4.78, 5) is 5.01. The normalized spacial score (nSPS) is 19.4. The summed E-state index contributed by atoms with van der Waals surface area (Å²) in [5, 5.41) is 12.5. The summed E-state index contributed by atoms with van der Waals surface area (Å²) in [6, 6.07) is 13.6. The lowest BCUT2D eigenvalue weighted by atomic mass is 9.91. The van der Waals surface area contributed by atoms with Crippen molar-refractivity contribution >= 4 is 0 Å². The van der Waals surface area contributed by atoms with Crippen LogP contribution >= 0.6 is 0 Å². The van der Waals surface area contributed by atoms with E-state index in [0.29, 0.717) is 12.4 Å². The minimum Gasteiger partial charge on any atom is -0.299 e. The van der Waals surface area contributed by atoms with E-state index in [9.17, 15) is 8.78 Å². The highest BCUT2D eigenvalue weighted by molar-refractivity contribution is 5.26. The molecule has 5 rings (SSSR count). The maximum absolute atomic E-state index is 13.7. The molecule has 1 unspecified atom stereocenters. The molecule has 32 heavy (non-hydrogen) atoms. The van der Waals surface area contributed by atoms with Crippen LogP contribution in [0.1, 0.15) is 48.7 Å². The second-order valence-corrected chi connectivity index (χ2v) is 8.79. The van der Waals surface area contributed by atoms with Gasteiger partial charge < -0.3 is 0 Å². The van der Waals surface area contributed by atoms with Gasteiger partial charge in [-0.15, -0.1) is 5.10 Å². The molecule has 3 aromatic rings. The Morgan fingerprint density at radius 1 is 0.906 bits per heavy atom.